The van der Waals surface area contributed by atoms with Crippen molar-refractivity contribution in [2.24, 2.45) is 0 Å². The number of halogens is 1. The second-order valence-electron chi connectivity index (χ2n) is 6.23. The highest BCUT2D eigenvalue weighted by molar-refractivity contribution is 5.16. The Morgan fingerprint density at radius 2 is 1.75 bits per heavy atom. The largest absolute Gasteiger partial charge is 0.300 e. The van der Waals surface area contributed by atoms with Crippen molar-refractivity contribution in [1.82, 2.24) is 9.80 Å². The van der Waals surface area contributed by atoms with Gasteiger partial charge in [-0.05, 0) is 69.6 Å². The number of hydrogen-bond donors (Lipinski definition) is 0. The summed E-state index contributed by atoms with van der Waals surface area (Å²) in [6.45, 7) is 5.79. The lowest BCUT2D eigenvalue weighted by Crippen LogP contribution is -2.46. The van der Waals surface area contributed by atoms with Gasteiger partial charge in [-0.3, -0.25) is 4.90 Å². The molecule has 2 heterocycles. The van der Waals surface area contributed by atoms with Gasteiger partial charge in [0.2, 0.25) is 0 Å². The minimum atomic E-state index is -0.120. The number of rotatable bonds is 3. The van der Waals surface area contributed by atoms with Crippen LogP contribution in [0.5, 0.6) is 0 Å². The van der Waals surface area contributed by atoms with Crippen molar-refractivity contribution in [2.45, 2.75) is 44.7 Å². The van der Waals surface area contributed by atoms with Crippen molar-refractivity contribution in [1.29, 1.82) is 0 Å². The molecule has 0 amide bonds. The predicted octanol–water partition coefficient (Wildman–Crippen LogP) is 3.28. The van der Waals surface area contributed by atoms with Gasteiger partial charge in [-0.15, -0.1) is 0 Å². The fraction of sp³-hybridized carbons (Fsp3) is 0.647. The maximum Gasteiger partial charge on any atom is 0.123 e. The molecule has 0 bridgehead atoms. The van der Waals surface area contributed by atoms with Gasteiger partial charge in [-0.1, -0.05) is 18.6 Å². The number of benzene rings is 1. The van der Waals surface area contributed by atoms with E-state index in [0.717, 1.165) is 31.2 Å². The first kappa shape index (κ1) is 14.0. The lowest BCUT2D eigenvalue weighted by atomic mass is 9.99. The van der Waals surface area contributed by atoms with E-state index in [9.17, 15) is 4.39 Å². The van der Waals surface area contributed by atoms with E-state index < -0.39 is 0 Å². The van der Waals surface area contributed by atoms with Crippen LogP contribution in [0.15, 0.2) is 24.3 Å². The Morgan fingerprint density at radius 3 is 2.45 bits per heavy atom. The number of hydrogen-bond acceptors (Lipinski definition) is 2. The third kappa shape index (κ3) is 3.58. The SMILES string of the molecule is Fc1cccc(CN2CCC(N3CCCCC3)CC2)c1. The first-order chi connectivity index (χ1) is 9.81. The normalized spacial score (nSPS) is 23.1. The quantitative estimate of drug-likeness (QED) is 0.836. The summed E-state index contributed by atoms with van der Waals surface area (Å²) < 4.78 is 13.2. The van der Waals surface area contributed by atoms with Crippen molar-refractivity contribution >= 4 is 0 Å². The highest BCUT2D eigenvalue weighted by Crippen LogP contribution is 2.21. The molecule has 0 aromatic heterocycles. The van der Waals surface area contributed by atoms with E-state index in [0.29, 0.717) is 0 Å². The lowest BCUT2D eigenvalue weighted by Gasteiger charge is -2.40. The average molecular weight is 276 g/mol. The van der Waals surface area contributed by atoms with Gasteiger partial charge in [0, 0.05) is 12.6 Å². The van der Waals surface area contributed by atoms with Gasteiger partial charge in [-0.2, -0.15) is 0 Å². The summed E-state index contributed by atoms with van der Waals surface area (Å²) in [5, 5.41) is 0. The molecule has 0 aliphatic carbocycles. The zero-order valence-electron chi connectivity index (χ0n) is 12.2. The van der Waals surface area contributed by atoms with Crippen LogP contribution < -0.4 is 0 Å². The maximum atomic E-state index is 13.2. The first-order valence-electron chi connectivity index (χ1n) is 8.02. The van der Waals surface area contributed by atoms with Crippen LogP contribution in [-0.4, -0.2) is 42.0 Å². The second-order valence-corrected chi connectivity index (χ2v) is 6.23. The van der Waals surface area contributed by atoms with Crippen LogP contribution in [0.1, 0.15) is 37.7 Å². The van der Waals surface area contributed by atoms with E-state index in [1.807, 2.05) is 12.1 Å². The van der Waals surface area contributed by atoms with E-state index in [1.165, 1.54) is 51.3 Å². The smallest absolute Gasteiger partial charge is 0.123 e. The Balaban J connectivity index is 1.48. The standard InChI is InChI=1S/C17H25FN2/c18-16-6-4-5-15(13-16)14-19-11-7-17(8-12-19)20-9-2-1-3-10-20/h4-6,13,17H,1-3,7-12,14H2. The molecule has 0 N–H and O–H groups in total. The van der Waals surface area contributed by atoms with E-state index in [-0.39, 0.29) is 5.82 Å². The molecule has 3 rings (SSSR count). The van der Waals surface area contributed by atoms with Crippen LogP contribution in [0.3, 0.4) is 0 Å². The molecular weight excluding hydrogens is 251 g/mol. The van der Waals surface area contributed by atoms with Gasteiger partial charge in [0.15, 0.2) is 0 Å². The predicted molar refractivity (Wildman–Crippen MR) is 80.1 cm³/mol. The van der Waals surface area contributed by atoms with Crippen molar-refractivity contribution in [3.63, 3.8) is 0 Å². The van der Waals surface area contributed by atoms with Crippen molar-refractivity contribution in [2.75, 3.05) is 26.2 Å². The van der Waals surface area contributed by atoms with E-state index in [2.05, 4.69) is 9.80 Å². The first-order valence-corrected chi connectivity index (χ1v) is 8.02. The van der Waals surface area contributed by atoms with Gasteiger partial charge in [-0.25, -0.2) is 4.39 Å². The zero-order chi connectivity index (χ0) is 13.8. The Morgan fingerprint density at radius 1 is 1.00 bits per heavy atom. The molecule has 2 aliphatic rings. The zero-order valence-corrected chi connectivity index (χ0v) is 12.2. The summed E-state index contributed by atoms with van der Waals surface area (Å²) in [5.41, 5.74) is 1.10. The van der Waals surface area contributed by atoms with E-state index in [1.54, 1.807) is 6.07 Å². The van der Waals surface area contributed by atoms with Crippen LogP contribution in [-0.2, 0) is 6.54 Å². The molecule has 0 radical (unpaired) electrons. The molecule has 1 aromatic carbocycles. The summed E-state index contributed by atoms with van der Waals surface area (Å²) in [7, 11) is 0. The minimum Gasteiger partial charge on any atom is -0.300 e. The summed E-state index contributed by atoms with van der Waals surface area (Å²) in [6.07, 6.45) is 6.71. The molecular formula is C17H25FN2. The molecule has 2 fully saturated rings. The van der Waals surface area contributed by atoms with E-state index >= 15 is 0 Å². The van der Waals surface area contributed by atoms with Crippen LogP contribution in [0, 0.1) is 5.82 Å². The Kier molecular flexibility index (Phi) is 4.69. The molecule has 2 nitrogen and oxygen atoms in total. The van der Waals surface area contributed by atoms with Crippen LogP contribution >= 0.6 is 0 Å². The van der Waals surface area contributed by atoms with Gasteiger partial charge < -0.3 is 4.90 Å². The molecule has 2 saturated heterocycles. The van der Waals surface area contributed by atoms with Gasteiger partial charge >= 0.3 is 0 Å². The number of likely N-dealkylation sites (tertiary alicyclic amines) is 2. The molecule has 110 valence electrons. The van der Waals surface area contributed by atoms with Crippen LogP contribution in [0.4, 0.5) is 4.39 Å². The third-order valence-corrected chi connectivity index (χ3v) is 4.76. The van der Waals surface area contributed by atoms with Crippen molar-refractivity contribution < 1.29 is 4.39 Å². The lowest BCUT2D eigenvalue weighted by molar-refractivity contribution is 0.0896. The fourth-order valence-electron chi connectivity index (χ4n) is 3.62. The second kappa shape index (κ2) is 6.68. The fourth-order valence-corrected chi connectivity index (χ4v) is 3.62. The summed E-state index contributed by atoms with van der Waals surface area (Å²) in [4.78, 5) is 5.16. The summed E-state index contributed by atoms with van der Waals surface area (Å²) in [6, 6.07) is 7.81. The minimum absolute atomic E-state index is 0.120. The Bertz CT molecular complexity index is 421. The molecule has 3 heteroatoms. The van der Waals surface area contributed by atoms with Crippen molar-refractivity contribution in [3.05, 3.63) is 35.6 Å². The number of nitrogens with zero attached hydrogens (tertiary/aromatic N) is 2. The highest BCUT2D eigenvalue weighted by Gasteiger charge is 2.25. The Labute approximate surface area is 121 Å². The van der Waals surface area contributed by atoms with Gasteiger partial charge in [0.05, 0.1) is 0 Å². The summed E-state index contributed by atoms with van der Waals surface area (Å²) >= 11 is 0. The van der Waals surface area contributed by atoms with Crippen LogP contribution in [0.2, 0.25) is 0 Å². The molecule has 1 aromatic rings. The average Bonchev–Trinajstić information content (AvgIpc) is 2.49. The number of piperidine rings is 2. The Hall–Kier alpha value is -0.930. The third-order valence-electron chi connectivity index (χ3n) is 4.76. The van der Waals surface area contributed by atoms with E-state index in [4.69, 9.17) is 0 Å². The topological polar surface area (TPSA) is 6.48 Å². The maximum absolute atomic E-state index is 13.2. The van der Waals surface area contributed by atoms with Crippen molar-refractivity contribution in [3.8, 4) is 0 Å². The monoisotopic (exact) mass is 276 g/mol. The molecule has 0 spiro atoms. The molecule has 0 atom stereocenters. The van der Waals surface area contributed by atoms with Gasteiger partial charge in [0.1, 0.15) is 5.82 Å². The highest BCUT2D eigenvalue weighted by atomic mass is 19.1. The molecule has 2 aliphatic heterocycles. The molecule has 0 unspecified atom stereocenters. The van der Waals surface area contributed by atoms with Crippen LogP contribution in [0.25, 0.3) is 0 Å². The van der Waals surface area contributed by atoms with Gasteiger partial charge in [0.25, 0.3) is 0 Å². The summed E-state index contributed by atoms with van der Waals surface area (Å²) in [5.74, 6) is -0.120. The molecule has 0 saturated carbocycles. The molecule has 20 heavy (non-hydrogen) atoms.